The summed E-state index contributed by atoms with van der Waals surface area (Å²) in [5, 5.41) is 2.78. The zero-order valence-electron chi connectivity index (χ0n) is 15.6. The standard InChI is InChI=1S/C21H20F2N4O/c1-14(2)27(13-15-6-4-3-5-7-15)20(28)16-11-24-21(25-12-16)26-17-8-9-18(22)19(23)10-17/h3-12,14H,13H2,1-2H3,(H,24,25,26). The zero-order valence-corrected chi connectivity index (χ0v) is 15.6. The molecule has 28 heavy (non-hydrogen) atoms. The first kappa shape index (κ1) is 19.4. The number of aromatic nitrogens is 2. The van der Waals surface area contributed by atoms with E-state index in [-0.39, 0.29) is 17.9 Å². The molecule has 3 rings (SSSR count). The summed E-state index contributed by atoms with van der Waals surface area (Å²) in [5.74, 6) is -1.90. The Morgan fingerprint density at radius 2 is 1.71 bits per heavy atom. The predicted octanol–water partition coefficient (Wildman–Crippen LogP) is 4.55. The van der Waals surface area contributed by atoms with Crippen molar-refractivity contribution in [2.75, 3.05) is 5.32 Å². The number of hydrogen-bond donors (Lipinski definition) is 1. The quantitative estimate of drug-likeness (QED) is 0.680. The summed E-state index contributed by atoms with van der Waals surface area (Å²) in [6, 6.07) is 13.1. The van der Waals surface area contributed by atoms with E-state index in [1.165, 1.54) is 18.5 Å². The van der Waals surface area contributed by atoms with Crippen molar-refractivity contribution in [3.05, 3.63) is 83.7 Å². The van der Waals surface area contributed by atoms with Gasteiger partial charge in [0.2, 0.25) is 5.95 Å². The normalized spacial score (nSPS) is 10.8. The lowest BCUT2D eigenvalue weighted by molar-refractivity contribution is 0.0689. The molecule has 7 heteroatoms. The van der Waals surface area contributed by atoms with Crippen LogP contribution in [0.25, 0.3) is 0 Å². The second-order valence-electron chi connectivity index (χ2n) is 6.56. The van der Waals surface area contributed by atoms with Crippen LogP contribution in [0.2, 0.25) is 0 Å². The monoisotopic (exact) mass is 382 g/mol. The Hall–Kier alpha value is -3.35. The maximum atomic E-state index is 13.3. The molecule has 0 radical (unpaired) electrons. The van der Waals surface area contributed by atoms with Crippen LogP contribution in [0.5, 0.6) is 0 Å². The van der Waals surface area contributed by atoms with Crippen molar-refractivity contribution in [1.29, 1.82) is 0 Å². The third-order valence-corrected chi connectivity index (χ3v) is 4.15. The highest BCUT2D eigenvalue weighted by Crippen LogP contribution is 2.17. The second-order valence-corrected chi connectivity index (χ2v) is 6.56. The lowest BCUT2D eigenvalue weighted by Gasteiger charge is -2.26. The van der Waals surface area contributed by atoms with E-state index in [4.69, 9.17) is 0 Å². The van der Waals surface area contributed by atoms with E-state index in [1.807, 2.05) is 44.2 Å². The Kier molecular flexibility index (Phi) is 5.93. The molecule has 1 N–H and O–H groups in total. The van der Waals surface area contributed by atoms with Gasteiger partial charge in [-0.25, -0.2) is 18.7 Å². The number of halogens is 2. The van der Waals surface area contributed by atoms with Crippen molar-refractivity contribution in [2.45, 2.75) is 26.4 Å². The van der Waals surface area contributed by atoms with Gasteiger partial charge >= 0.3 is 0 Å². The Bertz CT molecular complexity index is 946. The molecule has 0 spiro atoms. The van der Waals surface area contributed by atoms with Crippen LogP contribution >= 0.6 is 0 Å². The van der Waals surface area contributed by atoms with E-state index in [2.05, 4.69) is 15.3 Å². The van der Waals surface area contributed by atoms with Gasteiger partial charge in [-0.15, -0.1) is 0 Å². The summed E-state index contributed by atoms with van der Waals surface area (Å²) in [4.78, 5) is 22.8. The van der Waals surface area contributed by atoms with E-state index in [0.717, 1.165) is 17.7 Å². The molecule has 0 bridgehead atoms. The van der Waals surface area contributed by atoms with Crippen molar-refractivity contribution >= 4 is 17.5 Å². The summed E-state index contributed by atoms with van der Waals surface area (Å²) in [6.45, 7) is 4.37. The number of nitrogens with zero attached hydrogens (tertiary/aromatic N) is 3. The molecular weight excluding hydrogens is 362 g/mol. The number of anilines is 2. The molecule has 5 nitrogen and oxygen atoms in total. The Balaban J connectivity index is 1.73. The number of carbonyl (C=O) groups excluding carboxylic acids is 1. The van der Waals surface area contributed by atoms with Gasteiger partial charge < -0.3 is 10.2 Å². The molecule has 0 fully saturated rings. The Morgan fingerprint density at radius 3 is 2.32 bits per heavy atom. The van der Waals surface area contributed by atoms with Crippen LogP contribution < -0.4 is 5.32 Å². The number of hydrogen-bond acceptors (Lipinski definition) is 4. The lowest BCUT2D eigenvalue weighted by Crippen LogP contribution is -2.36. The predicted molar refractivity (Wildman–Crippen MR) is 103 cm³/mol. The molecule has 0 aliphatic heterocycles. The van der Waals surface area contributed by atoms with Crippen molar-refractivity contribution in [3.63, 3.8) is 0 Å². The molecule has 1 aromatic heterocycles. The molecule has 0 unspecified atom stereocenters. The molecule has 144 valence electrons. The van der Waals surface area contributed by atoms with Gasteiger partial charge in [0.15, 0.2) is 11.6 Å². The van der Waals surface area contributed by atoms with E-state index < -0.39 is 11.6 Å². The molecule has 0 aliphatic rings. The van der Waals surface area contributed by atoms with Gasteiger partial charge in [0.05, 0.1) is 5.56 Å². The minimum Gasteiger partial charge on any atom is -0.332 e. The molecule has 3 aromatic rings. The smallest absolute Gasteiger partial charge is 0.257 e. The van der Waals surface area contributed by atoms with E-state index in [0.29, 0.717) is 17.8 Å². The summed E-state index contributed by atoms with van der Waals surface area (Å²) >= 11 is 0. The van der Waals surface area contributed by atoms with Crippen LogP contribution in [-0.2, 0) is 6.54 Å². The molecule has 1 amide bonds. The Labute approximate surface area is 162 Å². The number of benzene rings is 2. The number of amides is 1. The highest BCUT2D eigenvalue weighted by molar-refractivity contribution is 5.93. The molecule has 2 aromatic carbocycles. The average Bonchev–Trinajstić information content (AvgIpc) is 2.69. The van der Waals surface area contributed by atoms with Gasteiger partial charge in [0.25, 0.3) is 5.91 Å². The van der Waals surface area contributed by atoms with Gasteiger partial charge in [-0.2, -0.15) is 0 Å². The second kappa shape index (κ2) is 8.56. The maximum absolute atomic E-state index is 13.3. The first-order chi connectivity index (χ1) is 13.4. The van der Waals surface area contributed by atoms with Crippen LogP contribution in [0, 0.1) is 11.6 Å². The van der Waals surface area contributed by atoms with Crippen molar-refractivity contribution < 1.29 is 13.6 Å². The third-order valence-electron chi connectivity index (χ3n) is 4.15. The minimum atomic E-state index is -0.967. The topological polar surface area (TPSA) is 58.1 Å². The molecular formula is C21H20F2N4O. The lowest BCUT2D eigenvalue weighted by atomic mass is 10.1. The minimum absolute atomic E-state index is 0.00676. The van der Waals surface area contributed by atoms with Gasteiger partial charge in [-0.3, -0.25) is 4.79 Å². The van der Waals surface area contributed by atoms with Gasteiger partial charge in [0, 0.05) is 36.7 Å². The largest absolute Gasteiger partial charge is 0.332 e. The first-order valence-corrected chi connectivity index (χ1v) is 8.83. The van der Waals surface area contributed by atoms with Crippen LogP contribution in [0.15, 0.2) is 60.9 Å². The summed E-state index contributed by atoms with van der Waals surface area (Å²) in [6.07, 6.45) is 2.83. The fraction of sp³-hybridized carbons (Fsp3) is 0.190. The van der Waals surface area contributed by atoms with Crippen LogP contribution in [0.1, 0.15) is 29.8 Å². The van der Waals surface area contributed by atoms with Crippen molar-refractivity contribution in [1.82, 2.24) is 14.9 Å². The van der Waals surface area contributed by atoms with Crippen molar-refractivity contribution in [3.8, 4) is 0 Å². The maximum Gasteiger partial charge on any atom is 0.257 e. The molecule has 1 heterocycles. The van der Waals surface area contributed by atoms with Gasteiger partial charge in [-0.05, 0) is 31.5 Å². The van der Waals surface area contributed by atoms with Crippen LogP contribution in [0.4, 0.5) is 20.4 Å². The highest BCUT2D eigenvalue weighted by Gasteiger charge is 2.20. The van der Waals surface area contributed by atoms with E-state index >= 15 is 0 Å². The van der Waals surface area contributed by atoms with Crippen LogP contribution in [-0.4, -0.2) is 26.8 Å². The van der Waals surface area contributed by atoms with E-state index in [1.54, 1.807) is 4.90 Å². The van der Waals surface area contributed by atoms with Gasteiger partial charge in [0.1, 0.15) is 0 Å². The third kappa shape index (κ3) is 4.68. The van der Waals surface area contributed by atoms with Crippen molar-refractivity contribution in [2.24, 2.45) is 0 Å². The zero-order chi connectivity index (χ0) is 20.1. The van der Waals surface area contributed by atoms with Gasteiger partial charge in [-0.1, -0.05) is 30.3 Å². The summed E-state index contributed by atoms with van der Waals surface area (Å²) < 4.78 is 26.3. The SMILES string of the molecule is CC(C)N(Cc1ccccc1)C(=O)c1cnc(Nc2ccc(F)c(F)c2)nc1. The Morgan fingerprint density at radius 1 is 1.04 bits per heavy atom. The van der Waals surface area contributed by atoms with Crippen LogP contribution in [0.3, 0.4) is 0 Å². The first-order valence-electron chi connectivity index (χ1n) is 8.83. The number of nitrogens with one attached hydrogen (secondary N) is 1. The molecule has 0 atom stereocenters. The summed E-state index contributed by atoms with van der Waals surface area (Å²) in [5.41, 5.74) is 1.69. The summed E-state index contributed by atoms with van der Waals surface area (Å²) in [7, 11) is 0. The highest BCUT2D eigenvalue weighted by atomic mass is 19.2. The fourth-order valence-electron chi connectivity index (χ4n) is 2.64. The number of rotatable bonds is 6. The fourth-order valence-corrected chi connectivity index (χ4v) is 2.64. The average molecular weight is 382 g/mol. The van der Waals surface area contributed by atoms with E-state index in [9.17, 15) is 13.6 Å². The molecule has 0 saturated heterocycles. The molecule has 0 saturated carbocycles. The number of carbonyl (C=O) groups is 1. The molecule has 0 aliphatic carbocycles.